The third kappa shape index (κ3) is 4.26. The number of benzene rings is 2. The first-order chi connectivity index (χ1) is 9.68. The lowest BCUT2D eigenvalue weighted by atomic mass is 9.85. The van der Waals surface area contributed by atoms with Crippen LogP contribution in [0.5, 0.6) is 0 Å². The van der Waals surface area contributed by atoms with Crippen LogP contribution in [0.15, 0.2) is 60.7 Å². The SMILES string of the molecule is CC(C)(CNCC#Cc1ccccc1)c1ccccc1. The zero-order valence-corrected chi connectivity index (χ0v) is 12.2. The minimum Gasteiger partial charge on any atom is -0.305 e. The molecule has 0 aromatic heterocycles. The molecule has 0 amide bonds. The van der Waals surface area contributed by atoms with Crippen LogP contribution >= 0.6 is 0 Å². The lowest BCUT2D eigenvalue weighted by Crippen LogP contribution is -2.33. The van der Waals surface area contributed by atoms with E-state index < -0.39 is 0 Å². The van der Waals surface area contributed by atoms with Crippen molar-refractivity contribution in [1.29, 1.82) is 0 Å². The van der Waals surface area contributed by atoms with Crippen molar-refractivity contribution in [2.75, 3.05) is 13.1 Å². The molecule has 2 aromatic carbocycles. The van der Waals surface area contributed by atoms with Gasteiger partial charge >= 0.3 is 0 Å². The maximum Gasteiger partial charge on any atom is 0.0580 e. The molecule has 0 aliphatic carbocycles. The Balaban J connectivity index is 1.83. The van der Waals surface area contributed by atoms with Gasteiger partial charge in [0.1, 0.15) is 0 Å². The third-order valence-corrected chi connectivity index (χ3v) is 3.34. The van der Waals surface area contributed by atoms with Gasteiger partial charge in [0.05, 0.1) is 6.54 Å². The summed E-state index contributed by atoms with van der Waals surface area (Å²) in [5.41, 5.74) is 2.54. The van der Waals surface area contributed by atoms with Gasteiger partial charge < -0.3 is 5.32 Å². The number of hydrogen-bond acceptors (Lipinski definition) is 1. The van der Waals surface area contributed by atoms with Gasteiger partial charge in [-0.05, 0) is 17.7 Å². The summed E-state index contributed by atoms with van der Waals surface area (Å²) in [7, 11) is 0. The maximum atomic E-state index is 3.42. The Morgan fingerprint density at radius 1 is 0.900 bits per heavy atom. The highest BCUT2D eigenvalue weighted by molar-refractivity contribution is 5.33. The lowest BCUT2D eigenvalue weighted by Gasteiger charge is -2.25. The minimum atomic E-state index is 0.121. The van der Waals surface area contributed by atoms with E-state index in [0.717, 1.165) is 12.1 Å². The quantitative estimate of drug-likeness (QED) is 0.656. The summed E-state index contributed by atoms with van der Waals surface area (Å²) >= 11 is 0. The first-order valence-electron chi connectivity index (χ1n) is 6.99. The van der Waals surface area contributed by atoms with Gasteiger partial charge in [0.2, 0.25) is 0 Å². The summed E-state index contributed by atoms with van der Waals surface area (Å²) < 4.78 is 0. The summed E-state index contributed by atoms with van der Waals surface area (Å²) in [4.78, 5) is 0. The van der Waals surface area contributed by atoms with Crippen LogP contribution < -0.4 is 5.32 Å². The smallest absolute Gasteiger partial charge is 0.0580 e. The van der Waals surface area contributed by atoms with E-state index in [1.54, 1.807) is 0 Å². The molecule has 0 fully saturated rings. The number of hydrogen-bond donors (Lipinski definition) is 1. The highest BCUT2D eigenvalue weighted by Gasteiger charge is 2.18. The average molecular weight is 263 g/mol. The summed E-state index contributed by atoms with van der Waals surface area (Å²) in [5.74, 6) is 6.32. The van der Waals surface area contributed by atoms with E-state index in [-0.39, 0.29) is 5.41 Å². The molecule has 2 rings (SSSR count). The molecular weight excluding hydrogens is 242 g/mol. The molecular formula is C19H21N. The molecule has 0 saturated carbocycles. The average Bonchev–Trinajstić information content (AvgIpc) is 2.49. The predicted octanol–water partition coefficient (Wildman–Crippen LogP) is 3.61. The van der Waals surface area contributed by atoms with Gasteiger partial charge in [-0.1, -0.05) is 74.2 Å². The Bertz CT molecular complexity index is 573. The topological polar surface area (TPSA) is 12.0 Å². The molecule has 0 saturated heterocycles. The summed E-state index contributed by atoms with van der Waals surface area (Å²) in [6.45, 7) is 6.13. The minimum absolute atomic E-state index is 0.121. The predicted molar refractivity (Wildman–Crippen MR) is 85.7 cm³/mol. The second-order valence-electron chi connectivity index (χ2n) is 5.52. The van der Waals surface area contributed by atoms with E-state index in [9.17, 15) is 0 Å². The molecule has 0 atom stereocenters. The molecule has 0 spiro atoms. The van der Waals surface area contributed by atoms with Crippen LogP contribution in [0, 0.1) is 11.8 Å². The van der Waals surface area contributed by atoms with Crippen molar-refractivity contribution in [3.63, 3.8) is 0 Å². The van der Waals surface area contributed by atoms with Crippen LogP contribution in [0.4, 0.5) is 0 Å². The Labute approximate surface area is 122 Å². The van der Waals surface area contributed by atoms with Crippen molar-refractivity contribution >= 4 is 0 Å². The van der Waals surface area contributed by atoms with Crippen molar-refractivity contribution in [1.82, 2.24) is 5.32 Å². The Kier molecular flexibility index (Phi) is 4.98. The van der Waals surface area contributed by atoms with E-state index in [1.807, 2.05) is 30.3 Å². The van der Waals surface area contributed by atoms with Crippen molar-refractivity contribution < 1.29 is 0 Å². The highest BCUT2D eigenvalue weighted by atomic mass is 14.9. The van der Waals surface area contributed by atoms with Crippen molar-refractivity contribution in [3.05, 3.63) is 71.8 Å². The van der Waals surface area contributed by atoms with Crippen LogP contribution in [0.25, 0.3) is 0 Å². The Morgan fingerprint density at radius 3 is 2.15 bits per heavy atom. The monoisotopic (exact) mass is 263 g/mol. The van der Waals surface area contributed by atoms with E-state index in [2.05, 4.69) is 61.3 Å². The fourth-order valence-corrected chi connectivity index (χ4v) is 2.10. The second kappa shape index (κ2) is 6.93. The molecule has 2 aromatic rings. The van der Waals surface area contributed by atoms with Crippen LogP contribution in [0.3, 0.4) is 0 Å². The second-order valence-corrected chi connectivity index (χ2v) is 5.52. The normalized spacial score (nSPS) is 10.7. The molecule has 20 heavy (non-hydrogen) atoms. The molecule has 1 N–H and O–H groups in total. The molecule has 0 unspecified atom stereocenters. The van der Waals surface area contributed by atoms with E-state index >= 15 is 0 Å². The molecule has 0 radical (unpaired) electrons. The van der Waals surface area contributed by atoms with Crippen LogP contribution in [0.2, 0.25) is 0 Å². The number of rotatable bonds is 4. The van der Waals surface area contributed by atoms with Gasteiger partial charge in [0.15, 0.2) is 0 Å². The standard InChI is InChI=1S/C19H21N/c1-19(2,18-13-7-4-8-14-18)16-20-15-9-12-17-10-5-3-6-11-17/h3-8,10-11,13-14,20H,15-16H2,1-2H3. The lowest BCUT2D eigenvalue weighted by molar-refractivity contribution is 0.485. The Hall–Kier alpha value is -2.04. The fraction of sp³-hybridized carbons (Fsp3) is 0.263. The zero-order valence-electron chi connectivity index (χ0n) is 12.2. The van der Waals surface area contributed by atoms with Gasteiger partial charge in [-0.2, -0.15) is 0 Å². The first kappa shape index (κ1) is 14.4. The molecule has 0 bridgehead atoms. The third-order valence-electron chi connectivity index (χ3n) is 3.34. The highest BCUT2D eigenvalue weighted by Crippen LogP contribution is 2.21. The zero-order chi connectivity index (χ0) is 14.3. The summed E-state index contributed by atoms with van der Waals surface area (Å²) in [5, 5.41) is 3.42. The van der Waals surface area contributed by atoms with Crippen LogP contribution in [0.1, 0.15) is 25.0 Å². The molecule has 1 nitrogen and oxygen atoms in total. The van der Waals surface area contributed by atoms with Gasteiger partial charge in [-0.15, -0.1) is 0 Å². The Morgan fingerprint density at radius 2 is 1.50 bits per heavy atom. The van der Waals surface area contributed by atoms with Crippen LogP contribution in [-0.4, -0.2) is 13.1 Å². The first-order valence-corrected chi connectivity index (χ1v) is 6.99. The largest absolute Gasteiger partial charge is 0.305 e. The summed E-state index contributed by atoms with van der Waals surface area (Å²) in [6.07, 6.45) is 0. The molecule has 102 valence electrons. The van der Waals surface area contributed by atoms with E-state index in [4.69, 9.17) is 0 Å². The maximum absolute atomic E-state index is 3.42. The van der Waals surface area contributed by atoms with E-state index in [1.165, 1.54) is 5.56 Å². The number of nitrogens with one attached hydrogen (secondary N) is 1. The van der Waals surface area contributed by atoms with Crippen molar-refractivity contribution in [2.24, 2.45) is 0 Å². The fourth-order valence-electron chi connectivity index (χ4n) is 2.10. The molecule has 0 aliphatic rings. The van der Waals surface area contributed by atoms with Gasteiger partial charge in [-0.25, -0.2) is 0 Å². The molecule has 0 aliphatic heterocycles. The van der Waals surface area contributed by atoms with Gasteiger partial charge in [-0.3, -0.25) is 0 Å². The van der Waals surface area contributed by atoms with Gasteiger partial charge in [0, 0.05) is 17.5 Å². The summed E-state index contributed by atoms with van der Waals surface area (Å²) in [6, 6.07) is 20.7. The van der Waals surface area contributed by atoms with Gasteiger partial charge in [0.25, 0.3) is 0 Å². The van der Waals surface area contributed by atoms with Crippen molar-refractivity contribution in [2.45, 2.75) is 19.3 Å². The van der Waals surface area contributed by atoms with E-state index in [0.29, 0.717) is 6.54 Å². The molecule has 1 heteroatoms. The van der Waals surface area contributed by atoms with Crippen LogP contribution in [-0.2, 0) is 5.41 Å². The van der Waals surface area contributed by atoms with Crippen molar-refractivity contribution in [3.8, 4) is 11.8 Å². The molecule has 0 heterocycles.